The van der Waals surface area contributed by atoms with Crippen molar-refractivity contribution in [1.29, 1.82) is 0 Å². The Morgan fingerprint density at radius 3 is 2.27 bits per heavy atom. The van der Waals surface area contributed by atoms with Crippen LogP contribution in [0.1, 0.15) is 6.92 Å². The molecule has 0 N–H and O–H groups in total. The van der Waals surface area contributed by atoms with Crippen LogP contribution in [0.5, 0.6) is 0 Å². The lowest BCUT2D eigenvalue weighted by molar-refractivity contribution is -0.156. The quantitative estimate of drug-likeness (QED) is 0.550. The molecule has 0 aliphatic carbocycles. The standard InChI is InChI=1S/C8H15F3O3Si/c1-7(12)13-4-5-15(2,3)14-6-8(9,10)11/h4-6H2,1-3H3. The van der Waals surface area contributed by atoms with Crippen molar-refractivity contribution in [3.8, 4) is 0 Å². The van der Waals surface area contributed by atoms with E-state index in [-0.39, 0.29) is 6.61 Å². The number of alkyl halides is 3. The highest BCUT2D eigenvalue weighted by Gasteiger charge is 2.32. The number of halogens is 3. The first-order valence-electron chi connectivity index (χ1n) is 4.46. The first kappa shape index (κ1) is 14.4. The number of hydrogen-bond acceptors (Lipinski definition) is 3. The van der Waals surface area contributed by atoms with E-state index in [0.717, 1.165) is 0 Å². The zero-order valence-corrected chi connectivity index (χ0v) is 9.98. The number of ether oxygens (including phenoxy) is 1. The topological polar surface area (TPSA) is 35.5 Å². The molecule has 0 atom stereocenters. The molecule has 0 heterocycles. The lowest BCUT2D eigenvalue weighted by Crippen LogP contribution is -2.36. The number of hydrogen-bond donors (Lipinski definition) is 0. The third-order valence-corrected chi connectivity index (χ3v) is 3.97. The molecule has 0 aromatic heterocycles. The second-order valence-corrected chi connectivity index (χ2v) is 8.06. The summed E-state index contributed by atoms with van der Waals surface area (Å²) in [6.07, 6.45) is -4.30. The molecule has 0 aliphatic rings. The van der Waals surface area contributed by atoms with E-state index >= 15 is 0 Å². The Bertz CT molecular complexity index is 216. The van der Waals surface area contributed by atoms with E-state index in [2.05, 4.69) is 4.74 Å². The lowest BCUT2D eigenvalue weighted by Gasteiger charge is -2.23. The highest BCUT2D eigenvalue weighted by atomic mass is 28.4. The largest absolute Gasteiger partial charge is 0.466 e. The van der Waals surface area contributed by atoms with Crippen LogP contribution in [0.3, 0.4) is 0 Å². The van der Waals surface area contributed by atoms with Gasteiger partial charge in [-0.1, -0.05) is 0 Å². The highest BCUT2D eigenvalue weighted by Crippen LogP contribution is 2.19. The molecule has 90 valence electrons. The summed E-state index contributed by atoms with van der Waals surface area (Å²) in [7, 11) is -2.38. The molecular formula is C8H15F3O3Si. The Labute approximate surface area is 87.7 Å². The van der Waals surface area contributed by atoms with Crippen LogP contribution >= 0.6 is 0 Å². The minimum atomic E-state index is -4.30. The molecule has 0 saturated carbocycles. The molecule has 0 aromatic rings. The smallest absolute Gasteiger partial charge is 0.410 e. The van der Waals surface area contributed by atoms with Gasteiger partial charge in [0.1, 0.15) is 6.61 Å². The van der Waals surface area contributed by atoms with Gasteiger partial charge in [-0.15, -0.1) is 0 Å². The van der Waals surface area contributed by atoms with Crippen LogP contribution in [0.2, 0.25) is 19.1 Å². The summed E-state index contributed by atoms with van der Waals surface area (Å²) >= 11 is 0. The molecule has 0 aromatic carbocycles. The molecule has 7 heteroatoms. The Morgan fingerprint density at radius 2 is 1.87 bits per heavy atom. The van der Waals surface area contributed by atoms with Crippen LogP contribution in [0, 0.1) is 0 Å². The predicted octanol–water partition coefficient (Wildman–Crippen LogP) is 2.33. The van der Waals surface area contributed by atoms with Crippen molar-refractivity contribution in [1.82, 2.24) is 0 Å². The van der Waals surface area contributed by atoms with E-state index in [1.165, 1.54) is 6.92 Å². The first-order valence-corrected chi connectivity index (χ1v) is 7.58. The van der Waals surface area contributed by atoms with Gasteiger partial charge in [0.05, 0.1) is 6.61 Å². The van der Waals surface area contributed by atoms with Gasteiger partial charge in [0.15, 0.2) is 8.32 Å². The zero-order valence-electron chi connectivity index (χ0n) is 8.98. The number of carbonyl (C=O) groups excluding carboxylic acids is 1. The van der Waals surface area contributed by atoms with Gasteiger partial charge in [0, 0.05) is 13.0 Å². The van der Waals surface area contributed by atoms with Crippen molar-refractivity contribution < 1.29 is 27.1 Å². The Balaban J connectivity index is 3.81. The number of rotatable bonds is 5. The third kappa shape index (κ3) is 9.73. The first-order chi connectivity index (χ1) is 6.62. The van der Waals surface area contributed by atoms with Crippen molar-refractivity contribution in [2.45, 2.75) is 32.2 Å². The molecule has 15 heavy (non-hydrogen) atoms. The van der Waals surface area contributed by atoms with Crippen molar-refractivity contribution in [3.63, 3.8) is 0 Å². The minimum Gasteiger partial charge on any atom is -0.466 e. The molecular weight excluding hydrogens is 229 g/mol. The van der Waals surface area contributed by atoms with Gasteiger partial charge in [-0.2, -0.15) is 13.2 Å². The van der Waals surface area contributed by atoms with Gasteiger partial charge in [-0.3, -0.25) is 4.79 Å². The van der Waals surface area contributed by atoms with Gasteiger partial charge in [-0.25, -0.2) is 0 Å². The fraction of sp³-hybridized carbons (Fsp3) is 0.875. The van der Waals surface area contributed by atoms with Crippen molar-refractivity contribution in [2.75, 3.05) is 13.2 Å². The maximum atomic E-state index is 11.8. The van der Waals surface area contributed by atoms with Gasteiger partial charge < -0.3 is 9.16 Å². The summed E-state index contributed by atoms with van der Waals surface area (Å²) in [6, 6.07) is 0.364. The summed E-state index contributed by atoms with van der Waals surface area (Å²) in [5, 5.41) is 0. The summed E-state index contributed by atoms with van der Waals surface area (Å²) < 4.78 is 45.0. The average Bonchev–Trinajstić information content (AvgIpc) is 1.99. The molecule has 3 nitrogen and oxygen atoms in total. The Morgan fingerprint density at radius 1 is 1.33 bits per heavy atom. The van der Waals surface area contributed by atoms with E-state index in [1.807, 2.05) is 0 Å². The van der Waals surface area contributed by atoms with E-state index in [1.54, 1.807) is 13.1 Å². The molecule has 0 radical (unpaired) electrons. The third-order valence-electron chi connectivity index (χ3n) is 1.64. The molecule has 0 rings (SSSR count). The van der Waals surface area contributed by atoms with E-state index in [9.17, 15) is 18.0 Å². The monoisotopic (exact) mass is 244 g/mol. The van der Waals surface area contributed by atoms with E-state index in [0.29, 0.717) is 6.04 Å². The fourth-order valence-corrected chi connectivity index (χ4v) is 2.08. The Kier molecular flexibility index (Phi) is 5.29. The summed E-state index contributed by atoms with van der Waals surface area (Å²) in [5.41, 5.74) is 0. The SMILES string of the molecule is CC(=O)OCC[Si](C)(C)OCC(F)(F)F. The zero-order chi connectivity index (χ0) is 12.1. The fourth-order valence-electron chi connectivity index (χ4n) is 0.790. The van der Waals surface area contributed by atoms with Gasteiger partial charge in [0.2, 0.25) is 0 Å². The van der Waals surface area contributed by atoms with E-state index < -0.39 is 27.1 Å². The summed E-state index contributed by atoms with van der Waals surface area (Å²) in [5.74, 6) is -0.435. The van der Waals surface area contributed by atoms with Crippen molar-refractivity contribution >= 4 is 14.3 Å². The van der Waals surface area contributed by atoms with Crippen LogP contribution in [0.25, 0.3) is 0 Å². The lowest BCUT2D eigenvalue weighted by atomic mass is 10.7. The second kappa shape index (κ2) is 5.50. The molecule has 0 aliphatic heterocycles. The maximum Gasteiger partial charge on any atom is 0.410 e. The van der Waals surface area contributed by atoms with Crippen LogP contribution in [0.15, 0.2) is 0 Å². The molecule has 0 saturated heterocycles. The van der Waals surface area contributed by atoms with Crippen LogP contribution < -0.4 is 0 Å². The van der Waals surface area contributed by atoms with Crippen LogP contribution in [-0.4, -0.2) is 33.7 Å². The highest BCUT2D eigenvalue weighted by molar-refractivity contribution is 6.71. The maximum absolute atomic E-state index is 11.8. The second-order valence-electron chi connectivity index (χ2n) is 3.75. The normalized spacial score (nSPS) is 12.7. The van der Waals surface area contributed by atoms with Crippen LogP contribution in [0.4, 0.5) is 13.2 Å². The number of esters is 1. The van der Waals surface area contributed by atoms with Crippen LogP contribution in [-0.2, 0) is 14.0 Å². The number of carbonyl (C=O) groups is 1. The van der Waals surface area contributed by atoms with Crippen molar-refractivity contribution in [2.24, 2.45) is 0 Å². The summed E-state index contributed by atoms with van der Waals surface area (Å²) in [6.45, 7) is 3.45. The molecule has 0 spiro atoms. The average molecular weight is 244 g/mol. The predicted molar refractivity (Wildman–Crippen MR) is 50.9 cm³/mol. The van der Waals surface area contributed by atoms with Gasteiger partial charge >= 0.3 is 12.1 Å². The molecule has 0 amide bonds. The summed E-state index contributed by atoms with van der Waals surface area (Å²) in [4.78, 5) is 10.4. The van der Waals surface area contributed by atoms with Crippen molar-refractivity contribution in [3.05, 3.63) is 0 Å². The molecule has 0 bridgehead atoms. The van der Waals surface area contributed by atoms with Gasteiger partial charge in [0.25, 0.3) is 0 Å². The molecule has 0 unspecified atom stereocenters. The molecule has 0 fully saturated rings. The van der Waals surface area contributed by atoms with E-state index in [4.69, 9.17) is 4.43 Å². The minimum absolute atomic E-state index is 0.117. The van der Waals surface area contributed by atoms with Gasteiger partial charge in [-0.05, 0) is 13.1 Å². The Hall–Kier alpha value is -0.563.